The maximum absolute atomic E-state index is 10.9. The van der Waals surface area contributed by atoms with Gasteiger partial charge in [0.05, 0.1) is 4.92 Å². The van der Waals surface area contributed by atoms with E-state index in [0.29, 0.717) is 6.54 Å². The van der Waals surface area contributed by atoms with Gasteiger partial charge in [0.15, 0.2) is 0 Å². The molecule has 0 atom stereocenters. The van der Waals surface area contributed by atoms with E-state index >= 15 is 0 Å². The highest BCUT2D eigenvalue weighted by atomic mass is 16.6. The van der Waals surface area contributed by atoms with Gasteiger partial charge in [0.1, 0.15) is 5.69 Å². The van der Waals surface area contributed by atoms with Crippen LogP contribution in [0.3, 0.4) is 0 Å². The van der Waals surface area contributed by atoms with Gasteiger partial charge in [-0.15, -0.1) is 0 Å². The van der Waals surface area contributed by atoms with Crippen molar-refractivity contribution in [3.8, 4) is 0 Å². The van der Waals surface area contributed by atoms with Crippen molar-refractivity contribution in [2.24, 2.45) is 0 Å². The smallest absolute Gasteiger partial charge is 0.292 e. The summed E-state index contributed by atoms with van der Waals surface area (Å²) in [6.07, 6.45) is 3.54. The Bertz CT molecular complexity index is 601. The fourth-order valence-electron chi connectivity index (χ4n) is 2.02. The summed E-state index contributed by atoms with van der Waals surface area (Å²) >= 11 is 0. The van der Waals surface area contributed by atoms with Crippen molar-refractivity contribution < 1.29 is 4.92 Å². The molecule has 0 unspecified atom stereocenters. The van der Waals surface area contributed by atoms with E-state index in [4.69, 9.17) is 5.73 Å². The summed E-state index contributed by atoms with van der Waals surface area (Å²) in [7, 11) is 1.95. The van der Waals surface area contributed by atoms with E-state index in [1.807, 2.05) is 31.4 Å². The lowest BCUT2D eigenvalue weighted by atomic mass is 10.1. The van der Waals surface area contributed by atoms with Crippen LogP contribution in [-0.2, 0) is 13.1 Å². The molecule has 0 aliphatic heterocycles. The first-order valence-electron chi connectivity index (χ1n) is 6.16. The van der Waals surface area contributed by atoms with E-state index in [2.05, 4.69) is 9.88 Å². The quantitative estimate of drug-likeness (QED) is 0.512. The van der Waals surface area contributed by atoms with Crippen LogP contribution in [0.25, 0.3) is 0 Å². The Kier molecular flexibility index (Phi) is 4.27. The van der Waals surface area contributed by atoms with Gasteiger partial charge in [-0.25, -0.2) is 0 Å². The lowest BCUT2D eigenvalue weighted by molar-refractivity contribution is -0.384. The van der Waals surface area contributed by atoms with Gasteiger partial charge in [-0.2, -0.15) is 0 Å². The predicted octanol–water partition coefficient (Wildman–Crippen LogP) is 2.20. The number of rotatable bonds is 5. The second-order valence-electron chi connectivity index (χ2n) is 4.68. The van der Waals surface area contributed by atoms with E-state index in [1.165, 1.54) is 6.07 Å². The second-order valence-corrected chi connectivity index (χ2v) is 4.68. The van der Waals surface area contributed by atoms with Crippen molar-refractivity contribution in [1.82, 2.24) is 9.88 Å². The van der Waals surface area contributed by atoms with Crippen LogP contribution in [0.1, 0.15) is 11.1 Å². The Morgan fingerprint density at radius 3 is 2.70 bits per heavy atom. The number of pyridine rings is 1. The maximum atomic E-state index is 10.9. The molecule has 1 heterocycles. The Labute approximate surface area is 117 Å². The molecule has 1 aromatic heterocycles. The molecule has 0 aliphatic carbocycles. The number of nitrogens with two attached hydrogens (primary N) is 1. The monoisotopic (exact) mass is 272 g/mol. The average Bonchev–Trinajstić information content (AvgIpc) is 2.41. The minimum atomic E-state index is -0.458. The zero-order chi connectivity index (χ0) is 14.5. The summed E-state index contributed by atoms with van der Waals surface area (Å²) in [6, 6.07) is 8.79. The van der Waals surface area contributed by atoms with E-state index < -0.39 is 4.92 Å². The molecule has 0 bridgehead atoms. The highest BCUT2D eigenvalue weighted by molar-refractivity contribution is 5.59. The Morgan fingerprint density at radius 1 is 1.30 bits per heavy atom. The molecule has 0 spiro atoms. The van der Waals surface area contributed by atoms with Gasteiger partial charge in [0.25, 0.3) is 5.69 Å². The van der Waals surface area contributed by atoms with Gasteiger partial charge in [-0.1, -0.05) is 12.1 Å². The SMILES string of the molecule is CN(Cc1cccnc1)Cc1ccc(N)c([N+](=O)[O-])c1. The van der Waals surface area contributed by atoms with Gasteiger partial charge in [-0.3, -0.25) is 20.0 Å². The fourth-order valence-corrected chi connectivity index (χ4v) is 2.02. The first-order valence-corrected chi connectivity index (χ1v) is 6.16. The van der Waals surface area contributed by atoms with Crippen LogP contribution in [0.15, 0.2) is 42.7 Å². The summed E-state index contributed by atoms with van der Waals surface area (Å²) in [5, 5.41) is 10.9. The van der Waals surface area contributed by atoms with Gasteiger partial charge in [0, 0.05) is 31.5 Å². The van der Waals surface area contributed by atoms with Crippen LogP contribution in [0, 0.1) is 10.1 Å². The standard InChI is InChI=1S/C14H16N4O2/c1-17(10-12-3-2-6-16-8-12)9-11-4-5-13(15)14(7-11)18(19)20/h2-8H,9-10,15H2,1H3. The van der Waals surface area contributed by atoms with Crippen LogP contribution in [0.4, 0.5) is 11.4 Å². The van der Waals surface area contributed by atoms with Crippen LogP contribution in [-0.4, -0.2) is 21.9 Å². The first kappa shape index (κ1) is 14.0. The molecule has 0 radical (unpaired) electrons. The number of nitro benzene ring substituents is 1. The van der Waals surface area contributed by atoms with Gasteiger partial charge < -0.3 is 5.73 Å². The predicted molar refractivity (Wildman–Crippen MR) is 76.9 cm³/mol. The van der Waals surface area contributed by atoms with Crippen molar-refractivity contribution >= 4 is 11.4 Å². The maximum Gasteiger partial charge on any atom is 0.292 e. The molecule has 6 heteroatoms. The van der Waals surface area contributed by atoms with E-state index in [-0.39, 0.29) is 11.4 Å². The number of benzene rings is 1. The van der Waals surface area contributed by atoms with Gasteiger partial charge >= 0.3 is 0 Å². The second kappa shape index (κ2) is 6.12. The molecular weight excluding hydrogens is 256 g/mol. The van der Waals surface area contributed by atoms with Crippen molar-refractivity contribution in [3.05, 3.63) is 64.0 Å². The van der Waals surface area contributed by atoms with Gasteiger partial charge in [0.2, 0.25) is 0 Å². The van der Waals surface area contributed by atoms with Crippen LogP contribution in [0.2, 0.25) is 0 Å². The van der Waals surface area contributed by atoms with Crippen molar-refractivity contribution in [2.75, 3.05) is 12.8 Å². The number of aromatic nitrogens is 1. The number of nitro groups is 1. The third-order valence-electron chi connectivity index (χ3n) is 2.92. The molecule has 0 saturated heterocycles. The normalized spacial score (nSPS) is 10.7. The lowest BCUT2D eigenvalue weighted by Crippen LogP contribution is -2.17. The highest BCUT2D eigenvalue weighted by Crippen LogP contribution is 2.23. The first-order chi connectivity index (χ1) is 9.56. The summed E-state index contributed by atoms with van der Waals surface area (Å²) in [6.45, 7) is 1.34. The number of hydrogen-bond acceptors (Lipinski definition) is 5. The minimum absolute atomic E-state index is 0.0442. The Morgan fingerprint density at radius 2 is 2.05 bits per heavy atom. The number of hydrogen-bond donors (Lipinski definition) is 1. The van der Waals surface area contributed by atoms with E-state index in [1.54, 1.807) is 12.3 Å². The molecule has 0 aliphatic rings. The molecule has 2 N–H and O–H groups in total. The van der Waals surface area contributed by atoms with Crippen LogP contribution in [0.5, 0.6) is 0 Å². The van der Waals surface area contributed by atoms with Crippen LogP contribution < -0.4 is 5.73 Å². The number of nitrogens with zero attached hydrogens (tertiary/aromatic N) is 3. The summed E-state index contributed by atoms with van der Waals surface area (Å²) in [5.74, 6) is 0. The minimum Gasteiger partial charge on any atom is -0.393 e. The summed E-state index contributed by atoms with van der Waals surface area (Å²) < 4.78 is 0. The highest BCUT2D eigenvalue weighted by Gasteiger charge is 2.12. The Hall–Kier alpha value is -2.47. The average molecular weight is 272 g/mol. The number of anilines is 1. The van der Waals surface area contributed by atoms with E-state index in [9.17, 15) is 10.1 Å². The summed E-state index contributed by atoms with van der Waals surface area (Å²) in [5.41, 5.74) is 7.68. The van der Waals surface area contributed by atoms with Gasteiger partial charge in [-0.05, 0) is 30.3 Å². The molecule has 20 heavy (non-hydrogen) atoms. The molecule has 0 fully saturated rings. The van der Waals surface area contributed by atoms with E-state index in [0.717, 1.165) is 17.7 Å². The molecule has 104 valence electrons. The Balaban J connectivity index is 2.06. The van der Waals surface area contributed by atoms with Crippen molar-refractivity contribution in [2.45, 2.75) is 13.1 Å². The molecule has 2 aromatic rings. The fraction of sp³-hybridized carbons (Fsp3) is 0.214. The zero-order valence-corrected chi connectivity index (χ0v) is 11.2. The molecular formula is C14H16N4O2. The van der Waals surface area contributed by atoms with Crippen molar-refractivity contribution in [1.29, 1.82) is 0 Å². The molecule has 1 aromatic carbocycles. The number of nitrogen functional groups attached to an aromatic ring is 1. The molecule has 0 saturated carbocycles. The topological polar surface area (TPSA) is 85.3 Å². The van der Waals surface area contributed by atoms with Crippen molar-refractivity contribution in [3.63, 3.8) is 0 Å². The largest absolute Gasteiger partial charge is 0.393 e. The zero-order valence-electron chi connectivity index (χ0n) is 11.2. The molecule has 0 amide bonds. The molecule has 6 nitrogen and oxygen atoms in total. The third kappa shape index (κ3) is 3.52. The van der Waals surface area contributed by atoms with Crippen LogP contribution >= 0.6 is 0 Å². The molecule has 2 rings (SSSR count). The third-order valence-corrected chi connectivity index (χ3v) is 2.92. The lowest BCUT2D eigenvalue weighted by Gasteiger charge is -2.16. The summed E-state index contributed by atoms with van der Waals surface area (Å²) in [4.78, 5) is 16.5.